The van der Waals surface area contributed by atoms with Gasteiger partial charge in [0.25, 0.3) is 0 Å². The van der Waals surface area contributed by atoms with E-state index in [1.54, 1.807) is 19.4 Å². The number of aliphatic hydroxyl groups is 1. The van der Waals surface area contributed by atoms with Gasteiger partial charge in [-0.3, -0.25) is 9.78 Å². The summed E-state index contributed by atoms with van der Waals surface area (Å²) in [7, 11) is 1.57. The fraction of sp³-hybridized carbons (Fsp3) is 0.304. The lowest BCUT2D eigenvalue weighted by atomic mass is 10.00. The molecule has 0 unspecified atom stereocenters. The summed E-state index contributed by atoms with van der Waals surface area (Å²) < 4.78 is 16.8. The second-order valence-electron chi connectivity index (χ2n) is 6.51. The Morgan fingerprint density at radius 3 is 2.66 bits per heavy atom. The molecule has 6 nitrogen and oxygen atoms in total. The maximum absolute atomic E-state index is 11.6. The Balaban J connectivity index is 2.04. The zero-order chi connectivity index (χ0) is 20.6. The van der Waals surface area contributed by atoms with Gasteiger partial charge in [0.2, 0.25) is 0 Å². The average molecular weight is 395 g/mol. The summed E-state index contributed by atoms with van der Waals surface area (Å²) in [6.45, 7) is 2.96. The van der Waals surface area contributed by atoms with Crippen LogP contribution < -0.4 is 14.2 Å². The Bertz CT molecular complexity index is 986. The van der Waals surface area contributed by atoms with E-state index in [2.05, 4.69) is 4.98 Å². The van der Waals surface area contributed by atoms with Crippen molar-refractivity contribution in [1.82, 2.24) is 4.98 Å². The number of methoxy groups -OCH3 is 1. The number of pyridine rings is 1. The number of aromatic nitrogens is 1. The lowest BCUT2D eigenvalue weighted by Gasteiger charge is -2.15. The smallest absolute Gasteiger partial charge is 0.161 e. The summed E-state index contributed by atoms with van der Waals surface area (Å²) in [5, 5.41) is 10.6. The molecule has 1 heterocycles. The van der Waals surface area contributed by atoms with E-state index < -0.39 is 0 Å². The monoisotopic (exact) mass is 395 g/mol. The average Bonchev–Trinajstić information content (AvgIpc) is 2.74. The summed E-state index contributed by atoms with van der Waals surface area (Å²) in [4.78, 5) is 16.1. The highest BCUT2D eigenvalue weighted by atomic mass is 16.5. The number of carbonyl (C=O) groups excluding carboxylic acids is 1. The highest BCUT2D eigenvalue weighted by molar-refractivity contribution is 6.00. The van der Waals surface area contributed by atoms with Crippen LogP contribution in [0, 0.1) is 0 Å². The molecule has 0 amide bonds. The Morgan fingerprint density at radius 1 is 1.10 bits per heavy atom. The highest BCUT2D eigenvalue weighted by Crippen LogP contribution is 2.35. The van der Waals surface area contributed by atoms with Gasteiger partial charge in [-0.2, -0.15) is 0 Å². The summed E-state index contributed by atoms with van der Waals surface area (Å²) in [6.07, 6.45) is 3.48. The number of nitrogens with zero attached hydrogens (tertiary/aromatic N) is 1. The molecule has 0 saturated carbocycles. The molecule has 0 aliphatic rings. The van der Waals surface area contributed by atoms with E-state index in [4.69, 9.17) is 19.3 Å². The van der Waals surface area contributed by atoms with Gasteiger partial charge in [-0.15, -0.1) is 0 Å². The third-order valence-electron chi connectivity index (χ3n) is 4.55. The van der Waals surface area contributed by atoms with Gasteiger partial charge in [0.15, 0.2) is 17.8 Å². The molecular formula is C23H25NO5. The normalized spacial score (nSPS) is 10.7. The standard InChI is InChI=1S/C23H25NO5/c1-3-28-18-7-4-6-16(10-18)11-21-20-13-22(27-2)23(29-9-5-8-25)12-19(20)17(15-26)14-24-21/h4,6-7,10,12-15,25H,3,5,8-9,11H2,1-2H3. The van der Waals surface area contributed by atoms with Crippen LogP contribution in [0.3, 0.4) is 0 Å². The van der Waals surface area contributed by atoms with Gasteiger partial charge in [0.1, 0.15) is 5.75 Å². The maximum Gasteiger partial charge on any atom is 0.161 e. The van der Waals surface area contributed by atoms with E-state index in [0.29, 0.717) is 43.1 Å². The number of hydrogen-bond donors (Lipinski definition) is 1. The van der Waals surface area contributed by atoms with Crippen molar-refractivity contribution in [2.24, 2.45) is 0 Å². The van der Waals surface area contributed by atoms with Crippen LogP contribution in [0.1, 0.15) is 35.0 Å². The van der Waals surface area contributed by atoms with Gasteiger partial charge >= 0.3 is 0 Å². The van der Waals surface area contributed by atoms with E-state index in [1.165, 1.54) is 0 Å². The van der Waals surface area contributed by atoms with Crippen LogP contribution in [0.2, 0.25) is 0 Å². The minimum absolute atomic E-state index is 0.0460. The fourth-order valence-corrected chi connectivity index (χ4v) is 3.18. The molecule has 3 rings (SSSR count). The Morgan fingerprint density at radius 2 is 1.93 bits per heavy atom. The minimum Gasteiger partial charge on any atom is -0.494 e. The van der Waals surface area contributed by atoms with Crippen molar-refractivity contribution >= 4 is 17.1 Å². The van der Waals surface area contributed by atoms with Gasteiger partial charge in [0, 0.05) is 36.6 Å². The molecule has 0 radical (unpaired) electrons. The van der Waals surface area contributed by atoms with Crippen LogP contribution in [0.25, 0.3) is 10.8 Å². The molecular weight excluding hydrogens is 370 g/mol. The molecule has 1 aromatic heterocycles. The van der Waals surface area contributed by atoms with Crippen LogP contribution in [0.4, 0.5) is 0 Å². The maximum atomic E-state index is 11.6. The van der Waals surface area contributed by atoms with Crippen molar-refractivity contribution in [3.63, 3.8) is 0 Å². The van der Waals surface area contributed by atoms with E-state index >= 15 is 0 Å². The number of fused-ring (bicyclic) bond motifs is 1. The van der Waals surface area contributed by atoms with Crippen LogP contribution in [-0.2, 0) is 6.42 Å². The molecule has 0 saturated heterocycles. The lowest BCUT2D eigenvalue weighted by Crippen LogP contribution is -2.03. The third-order valence-corrected chi connectivity index (χ3v) is 4.55. The topological polar surface area (TPSA) is 77.9 Å². The first-order chi connectivity index (χ1) is 14.2. The number of aldehydes is 1. The predicted molar refractivity (Wildman–Crippen MR) is 111 cm³/mol. The van der Waals surface area contributed by atoms with Crippen LogP contribution >= 0.6 is 0 Å². The number of hydrogen-bond acceptors (Lipinski definition) is 6. The number of rotatable bonds is 10. The molecule has 0 aliphatic heterocycles. The van der Waals surface area contributed by atoms with Gasteiger partial charge in [-0.1, -0.05) is 12.1 Å². The van der Waals surface area contributed by atoms with E-state index in [1.807, 2.05) is 37.3 Å². The first-order valence-corrected chi connectivity index (χ1v) is 9.60. The van der Waals surface area contributed by atoms with Crippen LogP contribution in [0.5, 0.6) is 17.2 Å². The van der Waals surface area contributed by atoms with E-state index in [9.17, 15) is 4.79 Å². The van der Waals surface area contributed by atoms with Crippen molar-refractivity contribution in [3.05, 3.63) is 59.4 Å². The van der Waals surface area contributed by atoms with Crippen molar-refractivity contribution < 1.29 is 24.1 Å². The Labute approximate surface area is 170 Å². The molecule has 0 aliphatic carbocycles. The lowest BCUT2D eigenvalue weighted by molar-refractivity contribution is 0.112. The highest BCUT2D eigenvalue weighted by Gasteiger charge is 2.14. The largest absolute Gasteiger partial charge is 0.494 e. The first kappa shape index (κ1) is 20.6. The number of benzene rings is 2. The summed E-state index contributed by atoms with van der Waals surface area (Å²) in [5.74, 6) is 1.91. The second-order valence-corrected chi connectivity index (χ2v) is 6.51. The molecule has 0 atom stereocenters. The SMILES string of the molecule is CCOc1cccc(Cc2ncc(C=O)c3cc(OCCCO)c(OC)cc23)c1. The zero-order valence-electron chi connectivity index (χ0n) is 16.7. The molecule has 0 spiro atoms. The van der Waals surface area contributed by atoms with Crippen molar-refractivity contribution in [2.45, 2.75) is 19.8 Å². The van der Waals surface area contributed by atoms with Crippen molar-refractivity contribution in [3.8, 4) is 17.2 Å². The Hall–Kier alpha value is -3.12. The number of carbonyl (C=O) groups is 1. The van der Waals surface area contributed by atoms with Crippen molar-refractivity contribution in [1.29, 1.82) is 0 Å². The zero-order valence-corrected chi connectivity index (χ0v) is 16.7. The molecule has 1 N–H and O–H groups in total. The third kappa shape index (κ3) is 4.84. The summed E-state index contributed by atoms with van der Waals surface area (Å²) in [5.41, 5.74) is 2.38. The van der Waals surface area contributed by atoms with E-state index in [-0.39, 0.29) is 6.61 Å². The first-order valence-electron chi connectivity index (χ1n) is 9.60. The minimum atomic E-state index is 0.0460. The number of aliphatic hydroxyl groups excluding tert-OH is 1. The predicted octanol–water partition coefficient (Wildman–Crippen LogP) is 3.81. The fourth-order valence-electron chi connectivity index (χ4n) is 3.18. The van der Waals surface area contributed by atoms with E-state index in [0.717, 1.165) is 34.1 Å². The van der Waals surface area contributed by atoms with Crippen molar-refractivity contribution in [2.75, 3.05) is 26.9 Å². The van der Waals surface area contributed by atoms with Gasteiger partial charge in [0.05, 0.1) is 26.0 Å². The second kappa shape index (κ2) is 9.89. The molecule has 29 heavy (non-hydrogen) atoms. The summed E-state index contributed by atoms with van der Waals surface area (Å²) in [6, 6.07) is 11.5. The molecule has 0 bridgehead atoms. The quantitative estimate of drug-likeness (QED) is 0.416. The molecule has 2 aromatic carbocycles. The van der Waals surface area contributed by atoms with Gasteiger partial charge in [-0.25, -0.2) is 0 Å². The van der Waals surface area contributed by atoms with Crippen LogP contribution in [-0.4, -0.2) is 43.3 Å². The Kier molecular flexibility index (Phi) is 7.03. The van der Waals surface area contributed by atoms with Gasteiger partial charge in [-0.05, 0) is 42.1 Å². The molecule has 3 aromatic rings. The molecule has 0 fully saturated rings. The molecule has 152 valence electrons. The van der Waals surface area contributed by atoms with Crippen LogP contribution in [0.15, 0.2) is 42.6 Å². The summed E-state index contributed by atoms with van der Waals surface area (Å²) >= 11 is 0. The number of ether oxygens (including phenoxy) is 3. The molecule has 6 heteroatoms. The van der Waals surface area contributed by atoms with Gasteiger partial charge < -0.3 is 19.3 Å².